The van der Waals surface area contributed by atoms with Crippen LogP contribution in [0.1, 0.15) is 22.2 Å². The molecule has 1 aliphatic rings. The molecule has 1 amide bonds. The van der Waals surface area contributed by atoms with Crippen LogP contribution in [-0.4, -0.2) is 21.9 Å². The Labute approximate surface area is 187 Å². The Bertz CT molecular complexity index is 1410. The van der Waals surface area contributed by atoms with Crippen LogP contribution >= 0.6 is 11.6 Å². The summed E-state index contributed by atoms with van der Waals surface area (Å²) in [6.45, 7) is 0. The average molecular weight is 446 g/mol. The van der Waals surface area contributed by atoms with E-state index in [0.29, 0.717) is 21.6 Å². The Morgan fingerprint density at radius 1 is 0.938 bits per heavy atom. The van der Waals surface area contributed by atoms with Gasteiger partial charge >= 0.3 is 0 Å². The predicted octanol–water partition coefficient (Wildman–Crippen LogP) is 5.57. The smallest absolute Gasteiger partial charge is 0.294 e. The third kappa shape index (κ3) is 3.13. The summed E-state index contributed by atoms with van der Waals surface area (Å²) in [5.74, 6) is -2.29. The number of halogens is 1. The van der Waals surface area contributed by atoms with Gasteiger partial charge in [0.25, 0.3) is 5.91 Å². The van der Waals surface area contributed by atoms with Crippen molar-refractivity contribution in [3.8, 4) is 5.75 Å². The molecular formula is C25H16ClNO5. The molecule has 2 N–H and O–H groups in total. The van der Waals surface area contributed by atoms with E-state index >= 15 is 0 Å². The first kappa shape index (κ1) is 19.9. The first-order chi connectivity index (χ1) is 15.5. The van der Waals surface area contributed by atoms with E-state index in [1.165, 1.54) is 17.0 Å². The van der Waals surface area contributed by atoms with Crippen LogP contribution in [0.3, 0.4) is 0 Å². The summed E-state index contributed by atoms with van der Waals surface area (Å²) in [5, 5.41) is 22.3. The number of aromatic hydroxyl groups is 1. The highest BCUT2D eigenvalue weighted by Gasteiger charge is 2.46. The Hall–Kier alpha value is -4.03. The molecule has 4 aromatic rings. The first-order valence-electron chi connectivity index (χ1n) is 9.79. The fourth-order valence-electron chi connectivity index (χ4n) is 3.96. The van der Waals surface area contributed by atoms with Gasteiger partial charge < -0.3 is 14.6 Å². The number of ketones is 1. The van der Waals surface area contributed by atoms with Crippen LogP contribution in [-0.2, 0) is 4.79 Å². The molecule has 0 aliphatic carbocycles. The molecule has 0 saturated carbocycles. The molecule has 1 unspecified atom stereocenters. The van der Waals surface area contributed by atoms with E-state index in [0.717, 1.165) is 0 Å². The summed E-state index contributed by atoms with van der Waals surface area (Å²) < 4.78 is 5.70. The number of hydrogen-bond acceptors (Lipinski definition) is 5. The van der Waals surface area contributed by atoms with E-state index in [1.54, 1.807) is 66.7 Å². The second-order valence-electron chi connectivity index (χ2n) is 7.36. The molecule has 0 spiro atoms. The Kier molecular flexibility index (Phi) is 4.72. The van der Waals surface area contributed by atoms with Gasteiger partial charge in [0.15, 0.2) is 11.5 Å². The number of phenolic OH excluding ortho intramolecular Hbond substituents is 1. The molecule has 3 aromatic carbocycles. The largest absolute Gasteiger partial charge is 0.506 e. The summed E-state index contributed by atoms with van der Waals surface area (Å²) in [6.07, 6.45) is 0. The van der Waals surface area contributed by atoms with Gasteiger partial charge in [0.05, 0.1) is 17.3 Å². The predicted molar refractivity (Wildman–Crippen MR) is 120 cm³/mol. The third-order valence-electron chi connectivity index (χ3n) is 5.41. The molecule has 1 aromatic heterocycles. The van der Waals surface area contributed by atoms with Gasteiger partial charge in [-0.05, 0) is 42.0 Å². The molecule has 0 bridgehead atoms. The molecule has 5 rings (SSSR count). The topological polar surface area (TPSA) is 91.0 Å². The fourth-order valence-corrected chi connectivity index (χ4v) is 4.14. The number of aliphatic hydroxyl groups excluding tert-OH is 1. The lowest BCUT2D eigenvalue weighted by atomic mass is 9.94. The second-order valence-corrected chi connectivity index (χ2v) is 7.80. The van der Waals surface area contributed by atoms with Gasteiger partial charge in [-0.25, -0.2) is 0 Å². The second kappa shape index (κ2) is 7.59. The van der Waals surface area contributed by atoms with Crippen LogP contribution < -0.4 is 4.90 Å². The zero-order valence-electron chi connectivity index (χ0n) is 16.5. The maximum atomic E-state index is 13.5. The van der Waals surface area contributed by atoms with Crippen LogP contribution in [0.25, 0.3) is 11.0 Å². The number of benzene rings is 3. The minimum absolute atomic E-state index is 0.0309. The number of phenols is 1. The fraction of sp³-hybridized carbons (Fsp3) is 0.0400. The van der Waals surface area contributed by atoms with E-state index in [2.05, 4.69) is 0 Å². The van der Waals surface area contributed by atoms with Crippen molar-refractivity contribution in [1.82, 2.24) is 0 Å². The van der Waals surface area contributed by atoms with Crippen LogP contribution in [0.5, 0.6) is 5.75 Å². The number of aliphatic hydroxyl groups is 1. The first-order valence-corrected chi connectivity index (χ1v) is 10.2. The van der Waals surface area contributed by atoms with Crippen molar-refractivity contribution in [2.75, 3.05) is 4.90 Å². The van der Waals surface area contributed by atoms with Crippen LogP contribution in [0, 0.1) is 0 Å². The number of fused-ring (bicyclic) bond motifs is 1. The van der Waals surface area contributed by atoms with E-state index in [9.17, 15) is 19.8 Å². The van der Waals surface area contributed by atoms with E-state index in [1.807, 2.05) is 0 Å². The van der Waals surface area contributed by atoms with E-state index in [-0.39, 0.29) is 22.8 Å². The third-order valence-corrected chi connectivity index (χ3v) is 5.65. The Balaban J connectivity index is 1.67. The highest BCUT2D eigenvalue weighted by atomic mass is 35.5. The van der Waals surface area contributed by atoms with Crippen molar-refractivity contribution in [2.24, 2.45) is 0 Å². The van der Waals surface area contributed by atoms with E-state index < -0.39 is 23.5 Å². The molecule has 1 atom stereocenters. The Morgan fingerprint density at radius 3 is 2.41 bits per heavy atom. The van der Waals surface area contributed by atoms with Crippen molar-refractivity contribution < 1.29 is 24.2 Å². The van der Waals surface area contributed by atoms with Gasteiger partial charge in [-0.3, -0.25) is 14.5 Å². The number of para-hydroxylation sites is 2. The summed E-state index contributed by atoms with van der Waals surface area (Å²) >= 11 is 6.03. The number of amides is 1. The number of carbonyl (C=O) groups excluding carboxylic acids is 2. The number of nitrogens with zero attached hydrogens (tertiary/aromatic N) is 1. The van der Waals surface area contributed by atoms with Gasteiger partial charge in [-0.2, -0.15) is 0 Å². The number of hydrogen-bond donors (Lipinski definition) is 2. The van der Waals surface area contributed by atoms with E-state index in [4.69, 9.17) is 16.0 Å². The summed E-state index contributed by atoms with van der Waals surface area (Å²) in [6, 6.07) is 20.6. The maximum absolute atomic E-state index is 13.5. The minimum Gasteiger partial charge on any atom is -0.506 e. The molecule has 158 valence electrons. The zero-order chi connectivity index (χ0) is 22.4. The quantitative estimate of drug-likeness (QED) is 0.400. The maximum Gasteiger partial charge on any atom is 0.294 e. The molecule has 2 heterocycles. The number of anilines is 1. The van der Waals surface area contributed by atoms with Crippen LogP contribution in [0.15, 0.2) is 94.6 Å². The molecular weight excluding hydrogens is 430 g/mol. The van der Waals surface area contributed by atoms with Gasteiger partial charge in [-0.15, -0.1) is 0 Å². The number of rotatable bonds is 4. The summed E-state index contributed by atoms with van der Waals surface area (Å²) in [4.78, 5) is 27.8. The van der Waals surface area contributed by atoms with Crippen molar-refractivity contribution in [3.63, 3.8) is 0 Å². The van der Waals surface area contributed by atoms with Crippen molar-refractivity contribution in [2.45, 2.75) is 6.04 Å². The number of Topliss-reactive ketones (excluding diaryl/α,β-unsaturated/α-hetero) is 1. The number of carbonyl (C=O) groups is 2. The van der Waals surface area contributed by atoms with Gasteiger partial charge in [0, 0.05) is 10.4 Å². The monoisotopic (exact) mass is 445 g/mol. The molecule has 0 saturated heterocycles. The molecule has 32 heavy (non-hydrogen) atoms. The van der Waals surface area contributed by atoms with Gasteiger partial charge in [0.2, 0.25) is 5.78 Å². The molecule has 0 fully saturated rings. The van der Waals surface area contributed by atoms with Gasteiger partial charge in [-0.1, -0.05) is 54.1 Å². The standard InChI is InChI=1S/C25H16ClNO5/c26-16-10-11-19-15(12-16)13-20(32-19)23(29)21-22(14-6-2-1-3-7-14)27(25(31)24(21)30)17-8-4-5-9-18(17)28/h1-13,22,28,30H. The number of furan rings is 1. The highest BCUT2D eigenvalue weighted by molar-refractivity contribution is 6.31. The van der Waals surface area contributed by atoms with Crippen molar-refractivity contribution in [1.29, 1.82) is 0 Å². The minimum atomic E-state index is -0.957. The summed E-state index contributed by atoms with van der Waals surface area (Å²) in [5.41, 5.74) is 1.10. The van der Waals surface area contributed by atoms with Crippen molar-refractivity contribution in [3.05, 3.63) is 107 Å². The summed E-state index contributed by atoms with van der Waals surface area (Å²) in [7, 11) is 0. The van der Waals surface area contributed by atoms with Crippen LogP contribution in [0.2, 0.25) is 5.02 Å². The highest BCUT2D eigenvalue weighted by Crippen LogP contribution is 2.44. The lowest BCUT2D eigenvalue weighted by Crippen LogP contribution is -2.31. The van der Waals surface area contributed by atoms with Crippen molar-refractivity contribution >= 4 is 39.9 Å². The molecule has 7 heteroatoms. The zero-order valence-corrected chi connectivity index (χ0v) is 17.3. The SMILES string of the molecule is O=C(C1=C(O)C(=O)N(c2ccccc2O)C1c1ccccc1)c1cc2cc(Cl)ccc2o1. The average Bonchev–Trinajstić information content (AvgIpc) is 3.33. The lowest BCUT2D eigenvalue weighted by Gasteiger charge is -2.27. The normalized spacial score (nSPS) is 16.2. The van der Waals surface area contributed by atoms with Crippen LogP contribution in [0.4, 0.5) is 5.69 Å². The molecule has 6 nitrogen and oxygen atoms in total. The van der Waals surface area contributed by atoms with Gasteiger partial charge in [0.1, 0.15) is 11.3 Å². The lowest BCUT2D eigenvalue weighted by molar-refractivity contribution is -0.117. The molecule has 1 aliphatic heterocycles. The molecule has 0 radical (unpaired) electrons. The Morgan fingerprint density at radius 2 is 1.66 bits per heavy atom.